The SMILES string of the molecule is C.COC(=O)CN(C)Cc1nnc(Cn2c(SCc3ccc(F)cc3)nc(=O)c3c2CCC3)n1Cc1ccc(-c2ccc(C(F)(F)F)cc2)cc1.COC(=O)CN(C)Cc1nnc(Cn2c3c(c(=O)[nH]c2=S)CCC3)n1Cc1ccc(-c2ccc(C(F)(F)F)cc2)cc1.Fc1ccc(CBr)cc1.[2HH].[2H][2H].[2H][2H].[2H][2H].[2H][2H].[2H][2H].[2H][2H].[2H][2H].[2H][2H].[2H][2H].[2H][2H].[2H][2H].[2H][2H]. The lowest BCUT2D eigenvalue weighted by Gasteiger charge is -2.19. The van der Waals surface area contributed by atoms with Gasteiger partial charge in [-0.1, -0.05) is 132 Å². The van der Waals surface area contributed by atoms with Gasteiger partial charge >= 0.3 is 24.3 Å². The molecule has 10 aromatic rings. The minimum Gasteiger partial charge on any atom is -0.468 e. The molecule has 0 radical (unpaired) electrons. The number of nitrogens with one attached hydrogen (secondary N) is 1. The molecule has 0 amide bonds. The molecule has 0 aliphatic heterocycles. The number of hydrogen-bond acceptors (Lipinski definition) is 15. The van der Waals surface area contributed by atoms with Gasteiger partial charge in [0, 0.05) is 70.7 Å². The Kier molecular flexibility index (Phi) is 20.8. The van der Waals surface area contributed by atoms with Gasteiger partial charge < -0.3 is 27.7 Å². The molecule has 0 saturated heterocycles. The summed E-state index contributed by atoms with van der Waals surface area (Å²) in [6, 6.07) is 37.8. The molecule has 6 aromatic carbocycles. The van der Waals surface area contributed by atoms with Crippen molar-refractivity contribution in [3.63, 3.8) is 0 Å². The topological polar surface area (TPSA) is 193 Å². The van der Waals surface area contributed by atoms with Gasteiger partial charge in [-0.25, -0.2) is 8.78 Å². The smallest absolute Gasteiger partial charge is 0.416 e. The van der Waals surface area contributed by atoms with E-state index >= 15 is 0 Å². The first-order valence-corrected chi connectivity index (χ1v) is 34.4. The number of fused-ring (bicyclic) bond motifs is 2. The van der Waals surface area contributed by atoms with E-state index < -0.39 is 29.4 Å². The van der Waals surface area contributed by atoms with Crippen molar-refractivity contribution in [2.24, 2.45) is 0 Å². The Morgan fingerprint density at radius 2 is 0.931 bits per heavy atom. The number of rotatable bonds is 22. The Morgan fingerprint density at radius 1 is 0.549 bits per heavy atom. The molecular weight excluding hydrogens is 1440 g/mol. The summed E-state index contributed by atoms with van der Waals surface area (Å²) in [6.07, 6.45) is -4.29. The van der Waals surface area contributed by atoms with Crippen molar-refractivity contribution < 1.29 is 91.2 Å². The number of carbonyl (C=O) groups excluding carboxylic acids is 2. The van der Waals surface area contributed by atoms with Crippen LogP contribution in [0, 0.1) is 16.4 Å². The zero-order chi connectivity index (χ0) is 96.1. The number of ether oxygens (including phenoxy) is 2. The molecule has 0 fully saturated rings. The number of aromatic nitrogens is 10. The van der Waals surface area contributed by atoms with Gasteiger partial charge in [0.25, 0.3) is 11.1 Å². The van der Waals surface area contributed by atoms with Crippen molar-refractivity contribution in [3.05, 3.63) is 262 Å². The molecule has 0 spiro atoms. The number of carbonyl (C=O) groups is 2. The van der Waals surface area contributed by atoms with Crippen LogP contribution in [0.1, 0.15) is 137 Å². The molecule has 0 saturated carbocycles. The molecule has 102 heavy (non-hydrogen) atoms. The molecule has 0 unspecified atom stereocenters. The predicted molar refractivity (Wildman–Crippen MR) is 405 cm³/mol. The van der Waals surface area contributed by atoms with Crippen LogP contribution in [-0.2, 0) is 107 Å². The van der Waals surface area contributed by atoms with Gasteiger partial charge in [-0.15, -0.1) is 20.4 Å². The summed E-state index contributed by atoms with van der Waals surface area (Å²) < 4.78 is 242. The van der Waals surface area contributed by atoms with Gasteiger partial charge in [0.15, 0.2) is 21.6 Å². The summed E-state index contributed by atoms with van der Waals surface area (Å²) in [6.45, 7) is 2.06. The van der Waals surface area contributed by atoms with E-state index in [0.717, 1.165) is 99.2 Å². The number of halogens is 9. The maximum absolute atomic E-state index is 13.5. The van der Waals surface area contributed by atoms with Crippen LogP contribution in [0.15, 0.2) is 160 Å². The van der Waals surface area contributed by atoms with E-state index in [0.29, 0.717) is 108 Å². The lowest BCUT2D eigenvalue weighted by molar-refractivity contribution is -0.142. The van der Waals surface area contributed by atoms with E-state index in [-0.39, 0.29) is 57.2 Å². The molecule has 4 aromatic heterocycles. The molecule has 12 rings (SSSR count). The average Bonchev–Trinajstić information content (AvgIpc) is 1.66. The van der Waals surface area contributed by atoms with Crippen LogP contribution in [0.25, 0.3) is 22.3 Å². The highest BCUT2D eigenvalue weighted by Gasteiger charge is 2.32. The molecule has 0 atom stereocenters. The number of esters is 2. The van der Waals surface area contributed by atoms with Crippen LogP contribution in [0.2, 0.25) is 0 Å². The lowest BCUT2D eigenvalue weighted by atomic mass is 10.0. The standard InChI is InChI=1S/C36H34F4N6O3S.C29H29F3N6O3S.C7H6BrF.CH4.13H2/c1-44(21-33(47)49-2)19-31-42-43-32(46(31)18-23-6-10-25(11-7-23)26-12-14-27(15-13-26)36(38,39)40)20-45-30-5-3-4-29(30)34(48)41-35(45)50-22-24-8-16-28(37)17-9-24;1-36(17-26(39)41-2)15-24-34-35-25(16-37-23-5-3-4-22(23)27(40)33-28(37)42)38(24)14-18-6-8-19(9-7-18)20-10-12-21(13-11-20)29(30,31)32;8-5-6-1-3-7(9)4-2-6;;;;;;;;;;;;;;/h6-17H,3-5,18-22H2,1-2H3;6-13H,3-5,14-17H2,1-2H3,(H,33,40,42);1-4H,5H2;1H4;13*1H/i;;;;12*1+1D;1+1. The normalized spacial score (nSPS) is 13.4. The summed E-state index contributed by atoms with van der Waals surface area (Å²) in [4.78, 5) is 60.0. The van der Waals surface area contributed by atoms with E-state index in [1.54, 1.807) is 48.2 Å². The second-order valence-corrected chi connectivity index (χ2v) is 26.0. The second kappa shape index (κ2) is 34.6. The highest BCUT2D eigenvalue weighted by molar-refractivity contribution is 9.08. The van der Waals surface area contributed by atoms with Crippen molar-refractivity contribution >= 4 is 51.8 Å². The van der Waals surface area contributed by atoms with Crippen LogP contribution in [-0.4, -0.2) is 112 Å². The zero-order valence-corrected chi connectivity index (χ0v) is 58.5. The molecule has 0 bridgehead atoms. The number of benzene rings is 6. The Bertz CT molecular complexity index is 4790. The number of likely N-dealkylation sites (N-methyl/N-ethyl adjacent to an activating group) is 2. The number of thioether (sulfide) groups is 1. The van der Waals surface area contributed by atoms with Crippen LogP contribution >= 0.6 is 39.9 Å². The van der Waals surface area contributed by atoms with Crippen LogP contribution < -0.4 is 11.1 Å². The number of H-pyrrole nitrogens is 1. The molecule has 1 N–H and O–H groups in total. The first-order chi connectivity index (χ1) is 60.3. The van der Waals surface area contributed by atoms with Gasteiger partial charge in [-0.05, 0) is 158 Å². The van der Waals surface area contributed by atoms with Crippen molar-refractivity contribution in [1.82, 2.24) is 58.4 Å². The lowest BCUT2D eigenvalue weighted by Crippen LogP contribution is -2.28. The fourth-order valence-electron chi connectivity index (χ4n) is 11.7. The third-order valence-electron chi connectivity index (χ3n) is 17.0. The first-order valence-electron chi connectivity index (χ1n) is 43.8. The molecule has 4 heterocycles. The number of alkyl halides is 7. The molecule has 562 valence electrons. The molecule has 29 heteroatoms. The van der Waals surface area contributed by atoms with Crippen molar-refractivity contribution in [1.29, 1.82) is 0 Å². The number of methoxy groups -OCH3 is 2. The summed E-state index contributed by atoms with van der Waals surface area (Å²) >= 11 is 10.2. The number of hydrogen-bond donors (Lipinski definition) is 1. The fourth-order valence-corrected chi connectivity index (χ4v) is 13.3. The van der Waals surface area contributed by atoms with Gasteiger partial charge in [0.05, 0.1) is 77.7 Å². The van der Waals surface area contributed by atoms with Crippen LogP contribution in [0.4, 0.5) is 35.1 Å². The minimum absolute atomic E-state index is 0. The number of nitrogens with zero attached hydrogens (tertiary/aromatic N) is 11. The third-order valence-corrected chi connectivity index (χ3v) is 19.0. The maximum atomic E-state index is 13.5. The van der Waals surface area contributed by atoms with Gasteiger partial charge in [-0.3, -0.25) is 34.0 Å². The zero-order valence-electron chi connectivity index (χ0n) is 79.3. The number of aromatic amines is 1. The van der Waals surface area contributed by atoms with Gasteiger partial charge in [-0.2, -0.15) is 31.3 Å². The Balaban J connectivity index is -0.000000581. The Morgan fingerprint density at radius 3 is 1.35 bits per heavy atom. The maximum Gasteiger partial charge on any atom is 0.416 e. The third kappa shape index (κ3) is 19.9. The Hall–Kier alpha value is -9.29. The van der Waals surface area contributed by atoms with Crippen LogP contribution in [0.3, 0.4) is 0 Å². The van der Waals surface area contributed by atoms with Crippen molar-refractivity contribution in [2.45, 2.75) is 114 Å². The monoisotopic (exact) mass is 1560 g/mol. The summed E-state index contributed by atoms with van der Waals surface area (Å²) in [5.74, 6) is 1.66. The molecule has 2 aliphatic rings. The predicted octanol–water partition coefficient (Wildman–Crippen LogP) is 17.1. The summed E-state index contributed by atoms with van der Waals surface area (Å²) in [7, 11) is 6.21. The second-order valence-electron chi connectivity index (χ2n) is 24.1. The Labute approximate surface area is 639 Å². The average molecular weight is 1560 g/mol. The van der Waals surface area contributed by atoms with E-state index in [2.05, 4.69) is 46.3 Å². The van der Waals surface area contributed by atoms with E-state index in [4.69, 9.17) is 57.3 Å². The van der Waals surface area contributed by atoms with E-state index in [9.17, 15) is 54.3 Å². The summed E-state index contributed by atoms with van der Waals surface area (Å²) in [5, 5.41) is 19.3. The quantitative estimate of drug-likeness (QED) is 0.0168. The van der Waals surface area contributed by atoms with Gasteiger partial charge in [0.1, 0.15) is 23.3 Å². The molecule has 18 nitrogen and oxygen atoms in total. The highest BCUT2D eigenvalue weighted by atomic mass is 79.9. The van der Waals surface area contributed by atoms with Crippen molar-refractivity contribution in [2.75, 3.05) is 41.4 Å². The van der Waals surface area contributed by atoms with Crippen molar-refractivity contribution in [3.8, 4) is 22.3 Å². The fraction of sp³-hybridized carbons (Fsp3) is 0.315. The van der Waals surface area contributed by atoms with Crippen LogP contribution in [0.5, 0.6) is 0 Å². The van der Waals surface area contributed by atoms with E-state index in [1.165, 1.54) is 74.5 Å². The molecular formula is C73H99BrF8N12O6S2. The minimum atomic E-state index is -4.41. The first kappa shape index (κ1) is 61.4. The largest absolute Gasteiger partial charge is 0.468 e. The van der Waals surface area contributed by atoms with E-state index in [1.807, 2.05) is 66.8 Å². The van der Waals surface area contributed by atoms with Gasteiger partial charge in [0.2, 0.25) is 0 Å². The summed E-state index contributed by atoms with van der Waals surface area (Å²) in [5.41, 5.74) is 8.13. The molecule has 2 aliphatic carbocycles. The highest BCUT2D eigenvalue weighted by Crippen LogP contribution is 2.34.